The van der Waals surface area contributed by atoms with Gasteiger partial charge in [0.2, 0.25) is 11.8 Å². The first-order valence-electron chi connectivity index (χ1n) is 9.59. The molecular weight excluding hydrogens is 362 g/mol. The van der Waals surface area contributed by atoms with E-state index in [0.717, 1.165) is 24.0 Å². The molecule has 28 heavy (non-hydrogen) atoms. The molecule has 1 N–H and O–H groups in total. The van der Waals surface area contributed by atoms with Crippen LogP contribution in [0.3, 0.4) is 0 Å². The molecule has 3 heterocycles. The number of nitrogens with one attached hydrogen (secondary N) is 1. The number of rotatable bonds is 2. The molecule has 148 valence electrons. The van der Waals surface area contributed by atoms with Crippen LogP contribution in [-0.2, 0) is 20.9 Å². The molecule has 0 saturated carbocycles. The average molecular weight is 385 g/mol. The number of methoxy groups -OCH3 is 1. The molecule has 1 aromatic rings. The van der Waals surface area contributed by atoms with Crippen LogP contribution in [0.1, 0.15) is 53.1 Å². The largest absolute Gasteiger partial charge is 0.453 e. The summed E-state index contributed by atoms with van der Waals surface area (Å²) in [7, 11) is 1.38. The number of fused-ring (bicyclic) bond motifs is 1. The Balaban J connectivity index is 1.53. The summed E-state index contributed by atoms with van der Waals surface area (Å²) >= 11 is 0. The SMILES string of the molecule is COC(=O)N1CCC(c2cccc3c2CN(C2CCC(=O)NC2=O)C3=O)CC1. The fraction of sp³-hybridized carbons (Fsp3) is 0.500. The zero-order valence-corrected chi connectivity index (χ0v) is 15.8. The van der Waals surface area contributed by atoms with Crippen molar-refractivity contribution in [3.05, 3.63) is 34.9 Å². The van der Waals surface area contributed by atoms with Crippen molar-refractivity contribution in [3.63, 3.8) is 0 Å². The summed E-state index contributed by atoms with van der Waals surface area (Å²) in [5, 5.41) is 2.33. The molecule has 1 atom stereocenters. The third-order valence-electron chi connectivity index (χ3n) is 5.99. The highest BCUT2D eigenvalue weighted by Gasteiger charge is 2.40. The third kappa shape index (κ3) is 3.12. The van der Waals surface area contributed by atoms with Crippen LogP contribution in [0.15, 0.2) is 18.2 Å². The lowest BCUT2D eigenvalue weighted by molar-refractivity contribution is -0.136. The minimum absolute atomic E-state index is 0.154. The molecule has 0 aromatic heterocycles. The molecule has 4 amide bonds. The lowest BCUT2D eigenvalue weighted by Gasteiger charge is -2.32. The molecular formula is C20H23N3O5. The van der Waals surface area contributed by atoms with E-state index in [1.165, 1.54) is 7.11 Å². The zero-order valence-electron chi connectivity index (χ0n) is 15.8. The first kappa shape index (κ1) is 18.5. The number of benzene rings is 1. The Morgan fingerprint density at radius 3 is 2.57 bits per heavy atom. The molecule has 2 fully saturated rings. The summed E-state index contributed by atoms with van der Waals surface area (Å²) in [4.78, 5) is 51.6. The second-order valence-electron chi connectivity index (χ2n) is 7.50. The normalized spacial score (nSPS) is 22.9. The summed E-state index contributed by atoms with van der Waals surface area (Å²) in [5.74, 6) is -0.586. The lowest BCUT2D eigenvalue weighted by atomic mass is 9.85. The van der Waals surface area contributed by atoms with E-state index in [0.29, 0.717) is 31.6 Å². The molecule has 0 bridgehead atoms. The fourth-order valence-corrected chi connectivity index (χ4v) is 4.49. The van der Waals surface area contributed by atoms with E-state index in [9.17, 15) is 19.2 Å². The number of hydrogen-bond donors (Lipinski definition) is 1. The van der Waals surface area contributed by atoms with Crippen LogP contribution in [-0.4, -0.2) is 59.9 Å². The summed E-state index contributed by atoms with van der Waals surface area (Å²) < 4.78 is 4.79. The monoisotopic (exact) mass is 385 g/mol. The Kier molecular flexibility index (Phi) is 4.78. The van der Waals surface area contributed by atoms with Gasteiger partial charge in [0.1, 0.15) is 6.04 Å². The van der Waals surface area contributed by atoms with Gasteiger partial charge in [-0.3, -0.25) is 19.7 Å². The van der Waals surface area contributed by atoms with Crippen LogP contribution in [0, 0.1) is 0 Å². The van der Waals surface area contributed by atoms with Crippen molar-refractivity contribution >= 4 is 23.8 Å². The molecule has 1 aromatic carbocycles. The predicted molar refractivity (Wildman–Crippen MR) is 98.4 cm³/mol. The van der Waals surface area contributed by atoms with Gasteiger partial charge in [-0.15, -0.1) is 0 Å². The van der Waals surface area contributed by atoms with Crippen LogP contribution in [0.2, 0.25) is 0 Å². The topological polar surface area (TPSA) is 96.0 Å². The molecule has 0 radical (unpaired) electrons. The summed E-state index contributed by atoms with van der Waals surface area (Å²) in [6, 6.07) is 5.12. The first-order valence-corrected chi connectivity index (χ1v) is 9.59. The van der Waals surface area contributed by atoms with Gasteiger partial charge in [0, 0.05) is 31.6 Å². The Morgan fingerprint density at radius 1 is 1.14 bits per heavy atom. The smallest absolute Gasteiger partial charge is 0.409 e. The summed E-state index contributed by atoms with van der Waals surface area (Å²) in [6.07, 6.45) is 1.90. The van der Waals surface area contributed by atoms with Gasteiger partial charge in [0.15, 0.2) is 0 Å². The maximum Gasteiger partial charge on any atom is 0.409 e. The minimum Gasteiger partial charge on any atom is -0.453 e. The highest BCUT2D eigenvalue weighted by Crippen LogP contribution is 2.37. The first-order chi connectivity index (χ1) is 13.5. The Hall–Kier alpha value is -2.90. The average Bonchev–Trinajstić information content (AvgIpc) is 3.04. The highest BCUT2D eigenvalue weighted by atomic mass is 16.5. The molecule has 0 aliphatic carbocycles. The maximum absolute atomic E-state index is 12.9. The predicted octanol–water partition coefficient (Wildman–Crippen LogP) is 1.39. The highest BCUT2D eigenvalue weighted by molar-refractivity contribution is 6.05. The van der Waals surface area contributed by atoms with E-state index in [1.54, 1.807) is 15.9 Å². The van der Waals surface area contributed by atoms with Crippen LogP contribution in [0.25, 0.3) is 0 Å². The molecule has 1 unspecified atom stereocenters. The van der Waals surface area contributed by atoms with Crippen LogP contribution in [0.5, 0.6) is 0 Å². The van der Waals surface area contributed by atoms with Gasteiger partial charge in [-0.25, -0.2) is 4.79 Å². The van der Waals surface area contributed by atoms with Gasteiger partial charge < -0.3 is 14.5 Å². The second-order valence-corrected chi connectivity index (χ2v) is 7.50. The summed E-state index contributed by atoms with van der Waals surface area (Å²) in [6.45, 7) is 1.62. The Bertz CT molecular complexity index is 844. The van der Waals surface area contributed by atoms with Crippen molar-refractivity contribution in [1.29, 1.82) is 0 Å². The molecule has 3 aliphatic rings. The molecule has 3 aliphatic heterocycles. The molecule has 8 nitrogen and oxygen atoms in total. The number of likely N-dealkylation sites (tertiary alicyclic amines) is 1. The number of hydrogen-bond acceptors (Lipinski definition) is 5. The number of imide groups is 1. The van der Waals surface area contributed by atoms with Gasteiger partial charge >= 0.3 is 6.09 Å². The molecule has 2 saturated heterocycles. The fourth-order valence-electron chi connectivity index (χ4n) is 4.49. The molecule has 4 rings (SSSR count). The van der Waals surface area contributed by atoms with E-state index in [-0.39, 0.29) is 30.2 Å². The second kappa shape index (κ2) is 7.26. The van der Waals surface area contributed by atoms with Crippen molar-refractivity contribution in [1.82, 2.24) is 15.1 Å². The van der Waals surface area contributed by atoms with E-state index in [1.807, 2.05) is 12.1 Å². The third-order valence-corrected chi connectivity index (χ3v) is 5.99. The van der Waals surface area contributed by atoms with Crippen molar-refractivity contribution in [2.24, 2.45) is 0 Å². The van der Waals surface area contributed by atoms with Crippen molar-refractivity contribution in [3.8, 4) is 0 Å². The zero-order chi connectivity index (χ0) is 19.8. The molecule has 0 spiro atoms. The number of carbonyl (C=O) groups excluding carboxylic acids is 4. The van der Waals surface area contributed by atoms with E-state index < -0.39 is 11.9 Å². The van der Waals surface area contributed by atoms with Gasteiger partial charge in [-0.05, 0) is 42.4 Å². The van der Waals surface area contributed by atoms with Gasteiger partial charge in [-0.1, -0.05) is 12.1 Å². The minimum atomic E-state index is -0.605. The van der Waals surface area contributed by atoms with E-state index in [4.69, 9.17) is 4.74 Å². The summed E-state index contributed by atoms with van der Waals surface area (Å²) in [5.41, 5.74) is 2.72. The number of nitrogens with zero attached hydrogens (tertiary/aromatic N) is 2. The van der Waals surface area contributed by atoms with Gasteiger partial charge in [-0.2, -0.15) is 0 Å². The van der Waals surface area contributed by atoms with Crippen LogP contribution in [0.4, 0.5) is 4.79 Å². The lowest BCUT2D eigenvalue weighted by Crippen LogP contribution is -2.52. The Labute approximate surface area is 162 Å². The number of piperidine rings is 2. The van der Waals surface area contributed by atoms with E-state index >= 15 is 0 Å². The number of amides is 4. The van der Waals surface area contributed by atoms with Crippen molar-refractivity contribution < 1.29 is 23.9 Å². The van der Waals surface area contributed by atoms with Crippen molar-refractivity contribution in [2.75, 3.05) is 20.2 Å². The van der Waals surface area contributed by atoms with Gasteiger partial charge in [0.25, 0.3) is 5.91 Å². The van der Waals surface area contributed by atoms with Gasteiger partial charge in [0.05, 0.1) is 7.11 Å². The van der Waals surface area contributed by atoms with E-state index in [2.05, 4.69) is 5.32 Å². The standard InChI is InChI=1S/C20H23N3O5/c1-28-20(27)22-9-7-12(8-10-22)13-3-2-4-14-15(13)11-23(19(14)26)16-5-6-17(24)21-18(16)25/h2-4,12,16H,5-11H2,1H3,(H,21,24,25). The maximum atomic E-state index is 12.9. The number of ether oxygens (including phenoxy) is 1. The van der Waals surface area contributed by atoms with Crippen molar-refractivity contribution in [2.45, 2.75) is 44.2 Å². The van der Waals surface area contributed by atoms with Crippen LogP contribution >= 0.6 is 0 Å². The number of carbonyl (C=O) groups is 4. The Morgan fingerprint density at radius 2 is 1.89 bits per heavy atom. The van der Waals surface area contributed by atoms with Crippen LogP contribution < -0.4 is 5.32 Å². The quantitative estimate of drug-likeness (QED) is 0.776. The molecule has 8 heteroatoms.